The van der Waals surface area contributed by atoms with E-state index in [-0.39, 0.29) is 16.3 Å². The second-order valence-corrected chi connectivity index (χ2v) is 51.1. The van der Waals surface area contributed by atoms with Gasteiger partial charge in [-0.25, -0.2) is 0 Å². The third-order valence-corrected chi connectivity index (χ3v) is 79.9. The van der Waals surface area contributed by atoms with Gasteiger partial charge in [0, 0.05) is 0 Å². The Labute approximate surface area is 72.7 Å². The molecule has 0 aliphatic heterocycles. The molecule has 0 N–H and O–H groups in total. The van der Waals surface area contributed by atoms with E-state index in [1.165, 1.54) is 0 Å². The van der Waals surface area contributed by atoms with E-state index in [1.54, 1.807) is 0 Å². The summed E-state index contributed by atoms with van der Waals surface area (Å²) in [6, 6.07) is 0. The van der Waals surface area contributed by atoms with Crippen LogP contribution < -0.4 is 0 Å². The van der Waals surface area contributed by atoms with Gasteiger partial charge in [-0.05, 0) is 0 Å². The van der Waals surface area contributed by atoms with Crippen LogP contribution in [0.3, 0.4) is 0 Å². The topological polar surface area (TPSA) is 0 Å². The molecule has 0 radical (unpaired) electrons. The van der Waals surface area contributed by atoms with Crippen molar-refractivity contribution in [2.45, 2.75) is 39.3 Å². The van der Waals surface area contributed by atoms with Crippen molar-refractivity contribution in [3.63, 3.8) is 0 Å². The number of hydrogen-bond donors (Lipinski definition) is 0. The fourth-order valence-electron chi connectivity index (χ4n) is 1.50. The Balaban J connectivity index is 5.73. The second-order valence-electron chi connectivity index (χ2n) is 3.38. The van der Waals surface area contributed by atoms with E-state index in [4.69, 9.17) is 0 Å². The Morgan fingerprint density at radius 3 is 0.800 bits per heavy atom. The third kappa shape index (κ3) is 3.79. The zero-order chi connectivity index (χ0) is 8.31. The summed E-state index contributed by atoms with van der Waals surface area (Å²) in [5.74, 6) is 0. The molecule has 0 saturated heterocycles. The van der Waals surface area contributed by atoms with Crippen LogP contribution in [0.2, 0.25) is 39.3 Å². The first kappa shape index (κ1) is 11.5. The van der Waals surface area contributed by atoms with Crippen LogP contribution in [-0.4, -0.2) is 16.3 Å². The van der Waals surface area contributed by atoms with Gasteiger partial charge >= 0.3 is 73.2 Å². The number of rotatable bonds is 0. The van der Waals surface area contributed by atoms with Crippen molar-refractivity contribution in [1.82, 2.24) is 0 Å². The summed E-state index contributed by atoms with van der Waals surface area (Å²) in [6.07, 6.45) is 0. The molecule has 58 valence electrons. The van der Waals surface area contributed by atoms with Crippen molar-refractivity contribution in [1.29, 1.82) is 0 Å². The van der Waals surface area contributed by atoms with Crippen LogP contribution in [0.1, 0.15) is 0 Å². The Hall–Kier alpha value is 1.53. The molecule has 10 heavy (non-hydrogen) atoms. The van der Waals surface area contributed by atoms with Gasteiger partial charge in [-0.15, -0.1) is 0 Å². The third-order valence-electron chi connectivity index (χ3n) is 1.50. The average Bonchev–Trinajstić information content (AvgIpc) is 1.59. The van der Waals surface area contributed by atoms with Gasteiger partial charge in [-0.2, -0.15) is 0 Å². The summed E-state index contributed by atoms with van der Waals surface area (Å²) in [6.45, 7) is 15.4. The normalized spacial score (nSPS) is 8.10. The minimum absolute atomic E-state index is 0.215. The summed E-state index contributed by atoms with van der Waals surface area (Å²) in [5.41, 5.74) is 0.646. The molecule has 0 unspecified atom stereocenters. The first-order chi connectivity index (χ1) is 4.46. The van der Waals surface area contributed by atoms with Gasteiger partial charge in [0.2, 0.25) is 0 Å². The molecule has 0 nitrogen and oxygen atoms in total. The van der Waals surface area contributed by atoms with Crippen molar-refractivity contribution in [2.24, 2.45) is 0 Å². The van der Waals surface area contributed by atoms with E-state index in [0.717, 1.165) is 0 Å². The van der Waals surface area contributed by atoms with Gasteiger partial charge in [-0.1, -0.05) is 0 Å². The molecule has 0 atom stereocenters. The molecule has 0 aromatic carbocycles. The Morgan fingerprint density at radius 2 is 0.800 bits per heavy atom. The Morgan fingerprint density at radius 1 is 0.600 bits per heavy atom. The van der Waals surface area contributed by atoms with Crippen LogP contribution in [0, 0.1) is 0 Å². The van der Waals surface area contributed by atoms with Gasteiger partial charge in [-0.3, -0.25) is 0 Å². The molecular weight excluding hydrogens is 248 g/mol. The summed E-state index contributed by atoms with van der Waals surface area (Å²) in [5, 5.41) is 0. The molecule has 0 aliphatic rings. The monoisotopic (exact) mass is 264 g/mol. The first-order valence-corrected chi connectivity index (χ1v) is 22.3. The number of hydrogen-bond acceptors (Lipinski definition) is 0. The molecule has 0 aromatic heterocycles. The van der Waals surface area contributed by atoms with Crippen molar-refractivity contribution < 1.29 is 17.6 Å². The molecule has 0 heterocycles. The molecule has 0 amide bonds. The molecule has 0 bridgehead atoms. The molecule has 0 rings (SSSR count). The van der Waals surface area contributed by atoms with Crippen LogP contribution in [0.25, 0.3) is 0 Å². The van der Waals surface area contributed by atoms with E-state index >= 15 is 0 Å². The van der Waals surface area contributed by atoms with E-state index in [0.29, 0.717) is 0 Å². The molecule has 0 fully saturated rings. The molecule has 4 heteroatoms. The quantitative estimate of drug-likeness (QED) is 0.590. The molecule has 0 aromatic rings. The van der Waals surface area contributed by atoms with Crippen molar-refractivity contribution in [3.8, 4) is 0 Å². The fraction of sp³-hybridized carbons (Fsp3) is 1.00. The van der Waals surface area contributed by atoms with Gasteiger partial charge < -0.3 is 0 Å². The standard InChI is InChI=1S/3C2H6Si.Zr/c3*1-3-2;/h3*1-2H3;. The van der Waals surface area contributed by atoms with Crippen LogP contribution in [0.15, 0.2) is 0 Å². The fourth-order valence-corrected chi connectivity index (χ4v) is 79.9. The maximum absolute atomic E-state index is 2.56. The SMILES string of the molecule is C[Si](C)=[Zr](=[Si](C)C)=[Si](C)C. The van der Waals surface area contributed by atoms with Crippen molar-refractivity contribution in [2.75, 3.05) is 0 Å². The first-order valence-electron chi connectivity index (χ1n) is 3.75. The molecule has 0 aliphatic carbocycles. The summed E-state index contributed by atoms with van der Waals surface area (Å²) < 4.78 is 0. The van der Waals surface area contributed by atoms with E-state index < -0.39 is 17.6 Å². The van der Waals surface area contributed by atoms with Crippen molar-refractivity contribution in [3.05, 3.63) is 0 Å². The van der Waals surface area contributed by atoms with E-state index in [1.807, 2.05) is 0 Å². The van der Waals surface area contributed by atoms with Crippen LogP contribution in [-0.2, 0) is 17.6 Å². The zero-order valence-electron chi connectivity index (χ0n) is 8.00. The predicted octanol–water partition coefficient (Wildman–Crippen LogP) is 2.36. The summed E-state index contributed by atoms with van der Waals surface area (Å²) in [4.78, 5) is 0. The molecule has 0 spiro atoms. The van der Waals surface area contributed by atoms with E-state index in [9.17, 15) is 0 Å². The predicted molar refractivity (Wildman–Crippen MR) is 52.4 cm³/mol. The summed E-state index contributed by atoms with van der Waals surface area (Å²) in [7, 11) is 0. The van der Waals surface area contributed by atoms with Gasteiger partial charge in [0.05, 0.1) is 0 Å². The second kappa shape index (κ2) is 5.23. The Kier molecular flexibility index (Phi) is 6.03. The average molecular weight is 266 g/mol. The minimum atomic E-state index is -0.707. The Bertz CT molecular complexity index is 212. The summed E-state index contributed by atoms with van der Waals surface area (Å²) >= 11 is -0.707. The van der Waals surface area contributed by atoms with Crippen LogP contribution in [0.5, 0.6) is 0 Å². The van der Waals surface area contributed by atoms with Crippen molar-refractivity contribution >= 4 is 16.3 Å². The maximum atomic E-state index is 2.56. The molecular formula is C6H18Si3Zr. The van der Waals surface area contributed by atoms with Gasteiger partial charge in [0.1, 0.15) is 0 Å². The zero-order valence-corrected chi connectivity index (χ0v) is 13.5. The van der Waals surface area contributed by atoms with Gasteiger partial charge in [0.25, 0.3) is 0 Å². The molecule has 0 saturated carbocycles. The van der Waals surface area contributed by atoms with Crippen LogP contribution >= 0.6 is 0 Å². The van der Waals surface area contributed by atoms with Crippen LogP contribution in [0.4, 0.5) is 0 Å². The van der Waals surface area contributed by atoms with E-state index in [2.05, 4.69) is 39.3 Å². The van der Waals surface area contributed by atoms with Gasteiger partial charge in [0.15, 0.2) is 0 Å².